The molecule has 0 spiro atoms. The largest absolute Gasteiger partial charge is 0.540 e. The average molecular weight is 294 g/mol. The second-order valence-corrected chi connectivity index (χ2v) is 4.28. The van der Waals surface area contributed by atoms with Gasteiger partial charge in [0.05, 0.1) is 6.61 Å². The molecule has 2 N–H and O–H groups in total. The van der Waals surface area contributed by atoms with Gasteiger partial charge in [-0.05, 0) is 17.9 Å². The van der Waals surface area contributed by atoms with Gasteiger partial charge in [-0.2, -0.15) is 0 Å². The van der Waals surface area contributed by atoms with Crippen LogP contribution in [0.4, 0.5) is 4.79 Å². The molecule has 0 rings (SSSR count). The summed E-state index contributed by atoms with van der Waals surface area (Å²) in [6.07, 6.45) is 6.43. The van der Waals surface area contributed by atoms with Crippen molar-refractivity contribution >= 4 is 12.1 Å². The van der Waals surface area contributed by atoms with E-state index in [0.29, 0.717) is 6.61 Å². The van der Waals surface area contributed by atoms with Crippen molar-refractivity contribution in [1.82, 2.24) is 0 Å². The van der Waals surface area contributed by atoms with E-state index in [1.165, 1.54) is 0 Å². The minimum atomic E-state index is -1.61. The van der Waals surface area contributed by atoms with Crippen LogP contribution < -0.4 is 0 Å². The standard InChI is InChI=1S/C12H22O8/c13-11(14)9-7-5-3-1-2-4-6-8-10-17-19-20-18-12(15)16/h1-10H2,(H,13,14)(H,15,16). The molecule has 0 saturated carbocycles. The van der Waals surface area contributed by atoms with Crippen LogP contribution in [0.3, 0.4) is 0 Å². The summed E-state index contributed by atoms with van der Waals surface area (Å²) in [5.41, 5.74) is 0. The van der Waals surface area contributed by atoms with Gasteiger partial charge in [0.2, 0.25) is 0 Å². The zero-order valence-electron chi connectivity index (χ0n) is 11.4. The molecule has 0 unspecified atom stereocenters. The lowest BCUT2D eigenvalue weighted by atomic mass is 10.1. The number of carbonyl (C=O) groups is 2. The summed E-state index contributed by atoms with van der Waals surface area (Å²) < 4.78 is 0. The van der Waals surface area contributed by atoms with Gasteiger partial charge in [-0.3, -0.25) is 4.79 Å². The summed E-state index contributed by atoms with van der Waals surface area (Å²) in [7, 11) is 0. The van der Waals surface area contributed by atoms with Crippen molar-refractivity contribution in [3.8, 4) is 0 Å². The number of aliphatic carboxylic acids is 1. The number of carboxylic acids is 1. The molecule has 0 aromatic heterocycles. The fraction of sp³-hybridized carbons (Fsp3) is 0.833. The number of carboxylic acid groups (broad SMARTS) is 2. The smallest absolute Gasteiger partial charge is 0.481 e. The average Bonchev–Trinajstić information content (AvgIpc) is 2.38. The van der Waals surface area contributed by atoms with Gasteiger partial charge in [-0.1, -0.05) is 38.5 Å². The SMILES string of the molecule is O=C(O)CCCCCCCCCCOOOOC(=O)O. The first kappa shape index (κ1) is 18.6. The van der Waals surface area contributed by atoms with E-state index in [-0.39, 0.29) is 6.42 Å². The van der Waals surface area contributed by atoms with Gasteiger partial charge in [0.15, 0.2) is 0 Å². The second kappa shape index (κ2) is 14.0. The van der Waals surface area contributed by atoms with Crippen molar-refractivity contribution in [2.75, 3.05) is 6.61 Å². The summed E-state index contributed by atoms with van der Waals surface area (Å²) >= 11 is 0. The minimum absolute atomic E-state index is 0.255. The number of hydrogen-bond donors (Lipinski definition) is 2. The highest BCUT2D eigenvalue weighted by Crippen LogP contribution is 2.09. The number of rotatable bonds is 14. The Kier molecular flexibility index (Phi) is 13.1. The molecular weight excluding hydrogens is 272 g/mol. The van der Waals surface area contributed by atoms with Crippen molar-refractivity contribution in [2.45, 2.75) is 57.8 Å². The van der Waals surface area contributed by atoms with Crippen molar-refractivity contribution in [2.24, 2.45) is 0 Å². The topological polar surface area (TPSA) is 112 Å². The molecule has 0 aromatic rings. The number of hydrogen-bond acceptors (Lipinski definition) is 6. The van der Waals surface area contributed by atoms with Crippen LogP contribution in [0.15, 0.2) is 0 Å². The lowest BCUT2D eigenvalue weighted by Crippen LogP contribution is -2.04. The van der Waals surface area contributed by atoms with Gasteiger partial charge in [-0.25, -0.2) is 14.6 Å². The highest BCUT2D eigenvalue weighted by molar-refractivity contribution is 5.66. The lowest BCUT2D eigenvalue weighted by molar-refractivity contribution is -0.618. The Balaban J connectivity index is 2.99. The Labute approximate surface area is 117 Å². The maximum Gasteiger partial charge on any atom is 0.540 e. The quantitative estimate of drug-likeness (QED) is 0.285. The van der Waals surface area contributed by atoms with E-state index in [4.69, 9.17) is 10.2 Å². The fourth-order valence-electron chi connectivity index (χ4n) is 1.59. The Morgan fingerprint density at radius 2 is 1.30 bits per heavy atom. The van der Waals surface area contributed by atoms with Gasteiger partial charge in [-0.15, -0.1) is 0 Å². The molecule has 0 atom stereocenters. The van der Waals surface area contributed by atoms with Crippen LogP contribution in [0.2, 0.25) is 0 Å². The Hall–Kier alpha value is -1.38. The maximum absolute atomic E-state index is 10.3. The van der Waals surface area contributed by atoms with Crippen LogP contribution in [0.25, 0.3) is 0 Å². The third-order valence-electron chi connectivity index (χ3n) is 2.55. The molecule has 0 heterocycles. The molecule has 0 aliphatic rings. The summed E-state index contributed by atoms with van der Waals surface area (Å²) in [4.78, 5) is 28.2. The van der Waals surface area contributed by atoms with Gasteiger partial charge in [0.1, 0.15) is 0 Å². The minimum Gasteiger partial charge on any atom is -0.481 e. The summed E-state index contributed by atoms with van der Waals surface area (Å²) in [6, 6.07) is 0. The van der Waals surface area contributed by atoms with Crippen molar-refractivity contribution in [1.29, 1.82) is 0 Å². The van der Waals surface area contributed by atoms with Crippen LogP contribution in [-0.4, -0.2) is 28.9 Å². The molecule has 0 bridgehead atoms. The van der Waals surface area contributed by atoms with Crippen molar-refractivity contribution in [3.63, 3.8) is 0 Å². The molecule has 0 aromatic carbocycles. The molecule has 0 saturated heterocycles. The van der Waals surface area contributed by atoms with Crippen LogP contribution in [0.5, 0.6) is 0 Å². The predicted molar refractivity (Wildman–Crippen MR) is 66.4 cm³/mol. The molecule has 0 amide bonds. The fourth-order valence-corrected chi connectivity index (χ4v) is 1.59. The Morgan fingerprint density at radius 3 is 1.85 bits per heavy atom. The first-order valence-corrected chi connectivity index (χ1v) is 6.70. The van der Waals surface area contributed by atoms with Crippen molar-refractivity contribution in [3.05, 3.63) is 0 Å². The molecule has 0 radical (unpaired) electrons. The van der Waals surface area contributed by atoms with Crippen molar-refractivity contribution < 1.29 is 39.7 Å². The zero-order chi connectivity index (χ0) is 15.1. The van der Waals surface area contributed by atoms with E-state index in [1.807, 2.05) is 0 Å². The van der Waals surface area contributed by atoms with E-state index in [1.54, 1.807) is 0 Å². The monoisotopic (exact) mass is 294 g/mol. The molecule has 0 aliphatic carbocycles. The molecule has 0 fully saturated rings. The van der Waals surface area contributed by atoms with Gasteiger partial charge >= 0.3 is 12.1 Å². The van der Waals surface area contributed by atoms with Crippen LogP contribution >= 0.6 is 0 Å². The number of unbranched alkanes of at least 4 members (excludes halogenated alkanes) is 7. The summed E-state index contributed by atoms with van der Waals surface area (Å²) in [6.45, 7) is 0.293. The molecule has 8 nitrogen and oxygen atoms in total. The zero-order valence-corrected chi connectivity index (χ0v) is 11.4. The van der Waals surface area contributed by atoms with Gasteiger partial charge in [0.25, 0.3) is 0 Å². The highest BCUT2D eigenvalue weighted by atomic mass is 17.7. The highest BCUT2D eigenvalue weighted by Gasteiger charge is 1.99. The predicted octanol–water partition coefficient (Wildman–Crippen LogP) is 3.07. The van der Waals surface area contributed by atoms with Crippen LogP contribution in [0.1, 0.15) is 57.8 Å². The van der Waals surface area contributed by atoms with E-state index in [2.05, 4.69) is 19.9 Å². The molecule has 20 heavy (non-hydrogen) atoms. The van der Waals surface area contributed by atoms with E-state index in [9.17, 15) is 9.59 Å². The molecule has 0 aliphatic heterocycles. The second-order valence-electron chi connectivity index (χ2n) is 4.28. The van der Waals surface area contributed by atoms with Crippen LogP contribution in [0, 0.1) is 0 Å². The molecule has 118 valence electrons. The first-order valence-electron chi connectivity index (χ1n) is 6.70. The van der Waals surface area contributed by atoms with Gasteiger partial charge in [0, 0.05) is 11.5 Å². The molecule has 8 heteroatoms. The van der Waals surface area contributed by atoms with Gasteiger partial charge < -0.3 is 10.2 Å². The normalized spacial score (nSPS) is 10.4. The van der Waals surface area contributed by atoms with E-state index < -0.39 is 12.1 Å². The summed E-state index contributed by atoms with van der Waals surface area (Å²) in [5, 5.41) is 24.2. The Morgan fingerprint density at radius 1 is 0.750 bits per heavy atom. The van der Waals surface area contributed by atoms with Crippen LogP contribution in [-0.2, 0) is 24.6 Å². The third-order valence-corrected chi connectivity index (χ3v) is 2.55. The van der Waals surface area contributed by atoms with E-state index in [0.717, 1.165) is 51.4 Å². The molecular formula is C12H22O8. The lowest BCUT2D eigenvalue weighted by Gasteiger charge is -2.02. The maximum atomic E-state index is 10.3. The summed E-state index contributed by atoms with van der Waals surface area (Å²) in [5.74, 6) is -0.732. The third kappa shape index (κ3) is 16.6. The van der Waals surface area contributed by atoms with E-state index >= 15 is 0 Å². The first-order chi connectivity index (χ1) is 9.63. The Bertz CT molecular complexity index is 230.